The van der Waals surface area contributed by atoms with Gasteiger partial charge in [-0.3, -0.25) is 0 Å². The second kappa shape index (κ2) is 8.29. The standard InChI is InChI=1S/C17H26N4O2/c1-22-13-14-23-12-11-21-16-6-3-2-5-15(16)19-17(21)20-9-4-7-18-8-10-20/h2-3,5-6,18H,4,7-14H2,1H3. The van der Waals surface area contributed by atoms with Gasteiger partial charge in [0.05, 0.1) is 30.9 Å². The fraction of sp³-hybridized carbons (Fsp3) is 0.588. The van der Waals surface area contributed by atoms with E-state index in [-0.39, 0.29) is 0 Å². The number of hydrogen-bond acceptors (Lipinski definition) is 5. The van der Waals surface area contributed by atoms with Gasteiger partial charge in [-0.2, -0.15) is 0 Å². The highest BCUT2D eigenvalue weighted by molar-refractivity contribution is 5.78. The summed E-state index contributed by atoms with van der Waals surface area (Å²) in [6.45, 7) is 6.87. The van der Waals surface area contributed by atoms with Gasteiger partial charge in [-0.1, -0.05) is 12.1 Å². The first kappa shape index (κ1) is 16.2. The summed E-state index contributed by atoms with van der Waals surface area (Å²) in [6.07, 6.45) is 1.15. The lowest BCUT2D eigenvalue weighted by molar-refractivity contribution is 0.0670. The fourth-order valence-corrected chi connectivity index (χ4v) is 2.97. The normalized spacial score (nSPS) is 16.0. The predicted molar refractivity (Wildman–Crippen MR) is 92.1 cm³/mol. The molecule has 1 N–H and O–H groups in total. The SMILES string of the molecule is COCCOCCn1c(N2CCCNCC2)nc2ccccc21. The van der Waals surface area contributed by atoms with E-state index < -0.39 is 0 Å². The molecule has 1 aromatic heterocycles. The number of nitrogens with zero attached hydrogens (tertiary/aromatic N) is 3. The summed E-state index contributed by atoms with van der Waals surface area (Å²) in [5.41, 5.74) is 2.23. The summed E-state index contributed by atoms with van der Waals surface area (Å²) in [5, 5.41) is 3.45. The van der Waals surface area contributed by atoms with E-state index in [0.717, 1.165) is 50.6 Å². The van der Waals surface area contributed by atoms with Crippen molar-refractivity contribution < 1.29 is 9.47 Å². The van der Waals surface area contributed by atoms with Crippen LogP contribution in [0.15, 0.2) is 24.3 Å². The lowest BCUT2D eigenvalue weighted by atomic mass is 10.3. The minimum atomic E-state index is 0.631. The van der Waals surface area contributed by atoms with Gasteiger partial charge in [-0.05, 0) is 25.1 Å². The third-order valence-corrected chi connectivity index (χ3v) is 4.15. The van der Waals surface area contributed by atoms with Crippen molar-refractivity contribution in [2.75, 3.05) is 58.0 Å². The molecule has 1 aromatic carbocycles. The molecule has 2 heterocycles. The third-order valence-electron chi connectivity index (χ3n) is 4.15. The van der Waals surface area contributed by atoms with E-state index in [1.165, 1.54) is 5.52 Å². The molecule has 0 amide bonds. The first-order chi connectivity index (χ1) is 11.4. The molecule has 0 aliphatic carbocycles. The van der Waals surface area contributed by atoms with Gasteiger partial charge in [0.1, 0.15) is 0 Å². The average molecular weight is 318 g/mol. The molecule has 0 unspecified atom stereocenters. The number of rotatable bonds is 7. The molecule has 23 heavy (non-hydrogen) atoms. The zero-order valence-corrected chi connectivity index (χ0v) is 13.8. The number of methoxy groups -OCH3 is 1. The van der Waals surface area contributed by atoms with Crippen molar-refractivity contribution in [1.82, 2.24) is 14.9 Å². The van der Waals surface area contributed by atoms with Crippen LogP contribution in [0.5, 0.6) is 0 Å². The van der Waals surface area contributed by atoms with Crippen LogP contribution in [0.1, 0.15) is 6.42 Å². The lowest BCUT2D eigenvalue weighted by Crippen LogP contribution is -2.30. The van der Waals surface area contributed by atoms with Crippen LogP contribution >= 0.6 is 0 Å². The van der Waals surface area contributed by atoms with Crippen LogP contribution in [0.3, 0.4) is 0 Å². The van der Waals surface area contributed by atoms with Gasteiger partial charge in [0.2, 0.25) is 5.95 Å². The molecule has 0 bridgehead atoms. The molecule has 0 radical (unpaired) electrons. The molecule has 3 rings (SSSR count). The summed E-state index contributed by atoms with van der Waals surface area (Å²) in [5.74, 6) is 1.06. The van der Waals surface area contributed by atoms with Gasteiger partial charge in [-0.25, -0.2) is 4.98 Å². The highest BCUT2D eigenvalue weighted by atomic mass is 16.5. The second-order valence-electron chi connectivity index (χ2n) is 5.75. The van der Waals surface area contributed by atoms with Crippen LogP contribution in [-0.2, 0) is 16.0 Å². The molecule has 1 saturated heterocycles. The van der Waals surface area contributed by atoms with Crippen molar-refractivity contribution in [2.24, 2.45) is 0 Å². The van der Waals surface area contributed by atoms with E-state index in [1.54, 1.807) is 7.11 Å². The van der Waals surface area contributed by atoms with Crippen molar-refractivity contribution in [2.45, 2.75) is 13.0 Å². The number of benzene rings is 1. The largest absolute Gasteiger partial charge is 0.382 e. The number of imidazole rings is 1. The Morgan fingerprint density at radius 2 is 2.04 bits per heavy atom. The molecule has 6 heteroatoms. The maximum Gasteiger partial charge on any atom is 0.206 e. The Kier molecular flexibility index (Phi) is 5.85. The van der Waals surface area contributed by atoms with E-state index in [2.05, 4.69) is 33.0 Å². The molecule has 6 nitrogen and oxygen atoms in total. The van der Waals surface area contributed by atoms with Crippen molar-refractivity contribution in [1.29, 1.82) is 0 Å². The molecular formula is C17H26N4O2. The third kappa shape index (κ3) is 4.02. The molecule has 1 aliphatic rings. The van der Waals surface area contributed by atoms with Gasteiger partial charge >= 0.3 is 0 Å². The molecule has 0 saturated carbocycles. The van der Waals surface area contributed by atoms with Gasteiger partial charge in [0, 0.05) is 33.3 Å². The van der Waals surface area contributed by atoms with Crippen LogP contribution in [0.4, 0.5) is 5.95 Å². The Labute approximate surface area is 137 Å². The summed E-state index contributed by atoms with van der Waals surface area (Å²) in [6, 6.07) is 8.33. The Morgan fingerprint density at radius 3 is 2.96 bits per heavy atom. The van der Waals surface area contributed by atoms with Gasteiger partial charge < -0.3 is 24.3 Å². The average Bonchev–Trinajstić information content (AvgIpc) is 2.75. The van der Waals surface area contributed by atoms with Gasteiger partial charge in [-0.15, -0.1) is 0 Å². The van der Waals surface area contributed by atoms with Crippen molar-refractivity contribution >= 4 is 17.0 Å². The summed E-state index contributed by atoms with van der Waals surface area (Å²) >= 11 is 0. The number of fused-ring (bicyclic) bond motifs is 1. The Hall–Kier alpha value is -1.63. The highest BCUT2D eigenvalue weighted by Gasteiger charge is 2.17. The zero-order chi connectivity index (χ0) is 15.9. The van der Waals surface area contributed by atoms with E-state index in [4.69, 9.17) is 14.5 Å². The smallest absolute Gasteiger partial charge is 0.206 e. The van der Waals surface area contributed by atoms with Gasteiger partial charge in [0.15, 0.2) is 0 Å². The Morgan fingerprint density at radius 1 is 1.13 bits per heavy atom. The molecule has 1 aliphatic heterocycles. The van der Waals surface area contributed by atoms with Crippen LogP contribution in [0.25, 0.3) is 11.0 Å². The lowest BCUT2D eigenvalue weighted by Gasteiger charge is -2.22. The predicted octanol–water partition coefficient (Wildman–Crippen LogP) is 1.50. The van der Waals surface area contributed by atoms with Crippen LogP contribution in [-0.4, -0.2) is 62.7 Å². The highest BCUT2D eigenvalue weighted by Crippen LogP contribution is 2.23. The maximum atomic E-state index is 5.66. The molecule has 126 valence electrons. The number of ether oxygens (including phenoxy) is 2. The maximum absolute atomic E-state index is 5.66. The summed E-state index contributed by atoms with van der Waals surface area (Å²) < 4.78 is 13.0. The molecular weight excluding hydrogens is 292 g/mol. The Bertz CT molecular complexity index is 606. The molecule has 0 atom stereocenters. The van der Waals surface area contributed by atoms with Crippen molar-refractivity contribution in [3.63, 3.8) is 0 Å². The quantitative estimate of drug-likeness (QED) is 0.784. The summed E-state index contributed by atoms with van der Waals surface area (Å²) in [7, 11) is 1.69. The number of nitrogens with one attached hydrogen (secondary N) is 1. The number of hydrogen-bond donors (Lipinski definition) is 1. The first-order valence-electron chi connectivity index (χ1n) is 8.38. The minimum Gasteiger partial charge on any atom is -0.382 e. The Balaban J connectivity index is 1.79. The monoisotopic (exact) mass is 318 g/mol. The van der Waals surface area contributed by atoms with E-state index in [9.17, 15) is 0 Å². The van der Waals surface area contributed by atoms with Crippen molar-refractivity contribution in [3.8, 4) is 0 Å². The molecule has 2 aromatic rings. The number of para-hydroxylation sites is 2. The topological polar surface area (TPSA) is 51.6 Å². The summed E-state index contributed by atoms with van der Waals surface area (Å²) in [4.78, 5) is 7.26. The fourth-order valence-electron chi connectivity index (χ4n) is 2.97. The van der Waals surface area contributed by atoms with E-state index >= 15 is 0 Å². The molecule has 0 spiro atoms. The second-order valence-corrected chi connectivity index (χ2v) is 5.75. The van der Waals surface area contributed by atoms with Gasteiger partial charge in [0.25, 0.3) is 0 Å². The van der Waals surface area contributed by atoms with Crippen LogP contribution in [0, 0.1) is 0 Å². The van der Waals surface area contributed by atoms with E-state index in [0.29, 0.717) is 19.8 Å². The number of anilines is 1. The van der Waals surface area contributed by atoms with Crippen molar-refractivity contribution in [3.05, 3.63) is 24.3 Å². The van der Waals surface area contributed by atoms with Crippen LogP contribution < -0.4 is 10.2 Å². The van der Waals surface area contributed by atoms with Crippen LogP contribution in [0.2, 0.25) is 0 Å². The molecule has 1 fully saturated rings. The minimum absolute atomic E-state index is 0.631. The number of aromatic nitrogens is 2. The van der Waals surface area contributed by atoms with E-state index in [1.807, 2.05) is 6.07 Å². The zero-order valence-electron chi connectivity index (χ0n) is 13.8. The first-order valence-corrected chi connectivity index (χ1v) is 8.38.